The first-order valence-corrected chi connectivity index (χ1v) is 12.9. The number of anilines is 1. The Bertz CT molecular complexity index is 1530. The molecule has 0 aliphatic rings. The van der Waals surface area contributed by atoms with Gasteiger partial charge in [0.1, 0.15) is 29.0 Å². The number of nitrogens with one attached hydrogen (secondary N) is 1. The maximum Gasteiger partial charge on any atom is 0.228 e. The Morgan fingerprint density at radius 2 is 1.54 bits per heavy atom. The van der Waals surface area contributed by atoms with Crippen molar-refractivity contribution in [1.29, 1.82) is 0 Å². The molecule has 37 heavy (non-hydrogen) atoms. The van der Waals surface area contributed by atoms with E-state index in [0.29, 0.717) is 28.4 Å². The molecule has 0 bridgehead atoms. The van der Waals surface area contributed by atoms with E-state index in [-0.39, 0.29) is 34.5 Å². The fraction of sp³-hybridized carbons (Fsp3) is 0.107. The summed E-state index contributed by atoms with van der Waals surface area (Å²) in [5, 5.41) is 2.73. The van der Waals surface area contributed by atoms with Gasteiger partial charge in [-0.25, -0.2) is 21.6 Å². The van der Waals surface area contributed by atoms with Crippen molar-refractivity contribution >= 4 is 21.4 Å². The molecule has 0 saturated carbocycles. The molecule has 0 aromatic heterocycles. The number of halogens is 3. The highest BCUT2D eigenvalue weighted by atomic mass is 32.2. The summed E-state index contributed by atoms with van der Waals surface area (Å²) in [4.78, 5) is 12.8. The van der Waals surface area contributed by atoms with Crippen LogP contribution in [0, 0.1) is 17.5 Å². The first-order chi connectivity index (χ1) is 17.6. The topological polar surface area (TPSA) is 72.5 Å². The molecule has 1 amide bonds. The van der Waals surface area contributed by atoms with Crippen LogP contribution in [0.3, 0.4) is 0 Å². The highest BCUT2D eigenvalue weighted by molar-refractivity contribution is 7.91. The first-order valence-electron chi connectivity index (χ1n) is 11.3. The summed E-state index contributed by atoms with van der Waals surface area (Å²) in [6, 6.07) is 19.2. The lowest BCUT2D eigenvalue weighted by Crippen LogP contribution is -2.14. The smallest absolute Gasteiger partial charge is 0.228 e. The third kappa shape index (κ3) is 6.56. The molecule has 0 heterocycles. The van der Waals surface area contributed by atoms with Gasteiger partial charge in [-0.05, 0) is 47.5 Å². The van der Waals surface area contributed by atoms with E-state index in [1.165, 1.54) is 36.4 Å². The Labute approximate surface area is 212 Å². The molecule has 1 N–H and O–H groups in total. The fourth-order valence-electron chi connectivity index (χ4n) is 3.67. The Morgan fingerprint density at radius 3 is 2.19 bits per heavy atom. The molecule has 0 fully saturated rings. The van der Waals surface area contributed by atoms with Crippen molar-refractivity contribution in [3.05, 3.63) is 108 Å². The molecule has 0 atom stereocenters. The normalized spacial score (nSPS) is 11.2. The molecule has 0 unspecified atom stereocenters. The molecule has 4 aromatic carbocycles. The van der Waals surface area contributed by atoms with Crippen LogP contribution in [0.15, 0.2) is 89.8 Å². The second kappa shape index (κ2) is 10.9. The number of amides is 1. The maximum absolute atomic E-state index is 13.9. The van der Waals surface area contributed by atoms with Crippen LogP contribution in [0.1, 0.15) is 12.5 Å². The lowest BCUT2D eigenvalue weighted by atomic mass is 10.0. The fourth-order valence-corrected chi connectivity index (χ4v) is 4.55. The molecule has 0 aliphatic heterocycles. The quantitative estimate of drug-likeness (QED) is 0.284. The minimum absolute atomic E-state index is 0.0227. The summed E-state index contributed by atoms with van der Waals surface area (Å²) in [6.45, 7) is 1.55. The zero-order valence-corrected chi connectivity index (χ0v) is 20.5. The Kier molecular flexibility index (Phi) is 7.63. The van der Waals surface area contributed by atoms with E-state index in [2.05, 4.69) is 5.32 Å². The van der Waals surface area contributed by atoms with Crippen molar-refractivity contribution in [2.24, 2.45) is 0 Å². The summed E-state index contributed by atoms with van der Waals surface area (Å²) in [5.41, 5.74) is 1.85. The molecule has 4 aromatic rings. The summed E-state index contributed by atoms with van der Waals surface area (Å²) in [5.74, 6) is -2.51. The lowest BCUT2D eigenvalue weighted by Gasteiger charge is -2.14. The SMILES string of the molecule is CCS(=O)(=O)c1ccc(CC(=O)Nc2ccc(-c3cccc(F)c3)c(Oc3cc(F)cc(F)c3)c2)cc1. The number of carbonyl (C=O) groups excluding carboxylic acids is 1. The third-order valence-electron chi connectivity index (χ3n) is 5.49. The van der Waals surface area contributed by atoms with E-state index < -0.39 is 27.3 Å². The van der Waals surface area contributed by atoms with E-state index in [0.717, 1.165) is 12.1 Å². The number of hydrogen-bond donors (Lipinski definition) is 1. The molecule has 190 valence electrons. The second-order valence-electron chi connectivity index (χ2n) is 8.20. The number of sulfone groups is 1. The Morgan fingerprint density at radius 1 is 0.838 bits per heavy atom. The van der Waals surface area contributed by atoms with Gasteiger partial charge in [-0.15, -0.1) is 0 Å². The van der Waals surface area contributed by atoms with Crippen molar-refractivity contribution in [3.63, 3.8) is 0 Å². The monoisotopic (exact) mass is 525 g/mol. The molecule has 4 rings (SSSR count). The lowest BCUT2D eigenvalue weighted by molar-refractivity contribution is -0.115. The van der Waals surface area contributed by atoms with Gasteiger partial charge < -0.3 is 10.1 Å². The number of ether oxygens (including phenoxy) is 1. The summed E-state index contributed by atoms with van der Waals surface area (Å²) >= 11 is 0. The van der Waals surface area contributed by atoms with Crippen molar-refractivity contribution in [1.82, 2.24) is 0 Å². The van der Waals surface area contributed by atoms with Crippen LogP contribution < -0.4 is 10.1 Å². The summed E-state index contributed by atoms with van der Waals surface area (Å²) in [6.07, 6.45) is -0.0244. The second-order valence-corrected chi connectivity index (χ2v) is 10.5. The van der Waals surface area contributed by atoms with Crippen molar-refractivity contribution in [3.8, 4) is 22.6 Å². The van der Waals surface area contributed by atoms with Crippen LogP contribution in [0.4, 0.5) is 18.9 Å². The highest BCUT2D eigenvalue weighted by Crippen LogP contribution is 2.36. The molecular weight excluding hydrogens is 503 g/mol. The van der Waals surface area contributed by atoms with Crippen LogP contribution in [0.5, 0.6) is 11.5 Å². The number of carbonyl (C=O) groups is 1. The van der Waals surface area contributed by atoms with E-state index in [1.54, 1.807) is 37.3 Å². The van der Waals surface area contributed by atoms with Crippen LogP contribution >= 0.6 is 0 Å². The van der Waals surface area contributed by atoms with Crippen molar-refractivity contribution in [2.45, 2.75) is 18.2 Å². The predicted molar refractivity (Wildman–Crippen MR) is 135 cm³/mol. The van der Waals surface area contributed by atoms with E-state index in [1.807, 2.05) is 0 Å². The molecule has 9 heteroatoms. The Hall–Kier alpha value is -4.11. The van der Waals surface area contributed by atoms with Gasteiger partial charge in [0, 0.05) is 35.5 Å². The van der Waals surface area contributed by atoms with E-state index >= 15 is 0 Å². The molecule has 0 saturated heterocycles. The van der Waals surface area contributed by atoms with Gasteiger partial charge in [0.25, 0.3) is 0 Å². The van der Waals surface area contributed by atoms with E-state index in [9.17, 15) is 26.4 Å². The van der Waals surface area contributed by atoms with Crippen molar-refractivity contribution in [2.75, 3.05) is 11.1 Å². The number of rotatable bonds is 8. The van der Waals surface area contributed by atoms with Gasteiger partial charge in [0.15, 0.2) is 9.84 Å². The van der Waals surface area contributed by atoms with Crippen molar-refractivity contribution < 1.29 is 31.1 Å². The maximum atomic E-state index is 13.9. The minimum atomic E-state index is -3.34. The largest absolute Gasteiger partial charge is 0.456 e. The third-order valence-corrected chi connectivity index (χ3v) is 7.24. The van der Waals surface area contributed by atoms with Gasteiger partial charge in [-0.2, -0.15) is 0 Å². The van der Waals surface area contributed by atoms with Gasteiger partial charge >= 0.3 is 0 Å². The molecule has 0 spiro atoms. The summed E-state index contributed by atoms with van der Waals surface area (Å²) < 4.78 is 71.0. The number of hydrogen-bond acceptors (Lipinski definition) is 4. The number of benzene rings is 4. The van der Waals surface area contributed by atoms with Crippen LogP contribution in [-0.4, -0.2) is 20.1 Å². The van der Waals surface area contributed by atoms with Gasteiger partial charge in [0.2, 0.25) is 5.91 Å². The average Bonchev–Trinajstić information content (AvgIpc) is 2.84. The molecule has 5 nitrogen and oxygen atoms in total. The minimum Gasteiger partial charge on any atom is -0.456 e. The zero-order chi connectivity index (χ0) is 26.6. The molecule has 0 radical (unpaired) electrons. The Balaban J connectivity index is 1.59. The van der Waals surface area contributed by atoms with E-state index in [4.69, 9.17) is 4.74 Å². The van der Waals surface area contributed by atoms with Gasteiger partial charge in [-0.1, -0.05) is 31.2 Å². The van der Waals surface area contributed by atoms with Gasteiger partial charge in [-0.3, -0.25) is 4.79 Å². The predicted octanol–water partition coefficient (Wildman–Crippen LogP) is 6.54. The highest BCUT2D eigenvalue weighted by Gasteiger charge is 2.14. The molecular formula is C28H22F3NO4S. The zero-order valence-electron chi connectivity index (χ0n) is 19.7. The standard InChI is InChI=1S/C28H22F3NO4S/c1-2-37(34,35)25-9-6-18(7-10-25)12-28(33)32-23-8-11-26(19-4-3-5-20(29)13-19)27(17-23)36-24-15-21(30)14-22(31)16-24/h3-11,13-17H,2,12H2,1H3,(H,32,33). The van der Waals surface area contributed by atoms with Crippen LogP contribution in [0.25, 0.3) is 11.1 Å². The first kappa shape index (κ1) is 26.0. The van der Waals surface area contributed by atoms with Crippen LogP contribution in [-0.2, 0) is 21.1 Å². The average molecular weight is 526 g/mol. The molecule has 0 aliphatic carbocycles. The van der Waals surface area contributed by atoms with Gasteiger partial charge in [0.05, 0.1) is 17.1 Å². The summed E-state index contributed by atoms with van der Waals surface area (Å²) in [7, 11) is -3.34. The van der Waals surface area contributed by atoms with Crippen LogP contribution in [0.2, 0.25) is 0 Å².